The van der Waals surface area contributed by atoms with E-state index < -0.39 is 5.54 Å². The Morgan fingerprint density at radius 3 is 2.43 bits per heavy atom. The topological polar surface area (TPSA) is 91.4 Å². The van der Waals surface area contributed by atoms with E-state index in [1.807, 2.05) is 19.0 Å². The number of methoxy groups -OCH3 is 2. The van der Waals surface area contributed by atoms with E-state index in [4.69, 9.17) is 9.47 Å². The predicted octanol–water partition coefficient (Wildman–Crippen LogP) is 2.84. The van der Waals surface area contributed by atoms with Crippen LogP contribution in [0.15, 0.2) is 18.2 Å². The number of amides is 4. The fraction of sp³-hybridized carbons (Fsp3) is 0.654. The van der Waals surface area contributed by atoms with Gasteiger partial charge in [0.2, 0.25) is 0 Å². The highest BCUT2D eigenvalue weighted by Crippen LogP contribution is 2.39. The first-order valence-corrected chi connectivity index (χ1v) is 12.4. The lowest BCUT2D eigenvalue weighted by molar-refractivity contribution is -0.134. The van der Waals surface area contributed by atoms with Crippen LogP contribution in [-0.2, 0) is 4.79 Å². The number of ether oxygens (including phenoxy) is 2. The summed E-state index contributed by atoms with van der Waals surface area (Å²) < 4.78 is 10.8. The number of piperidine rings is 1. The summed E-state index contributed by atoms with van der Waals surface area (Å²) in [4.78, 5) is 45.0. The highest BCUT2D eigenvalue weighted by molar-refractivity contribution is 6.07. The molecule has 0 aromatic heterocycles. The minimum atomic E-state index is -0.906. The lowest BCUT2D eigenvalue weighted by Gasteiger charge is -2.41. The molecule has 2 aliphatic rings. The number of nitrogens with one attached hydrogen (secondary N) is 1. The molecule has 3 rings (SSSR count). The van der Waals surface area contributed by atoms with Crippen LogP contribution in [0.1, 0.15) is 49.9 Å². The van der Waals surface area contributed by atoms with Gasteiger partial charge in [0.05, 0.1) is 19.8 Å². The van der Waals surface area contributed by atoms with Gasteiger partial charge in [0.1, 0.15) is 5.54 Å². The SMILES string of the molecule is COc1cccc(C(=O)N2CCC([C@@]3(CCC(C)C)NC(=O)N(CCN(C)C)C3=O)CC2)c1OC. The van der Waals surface area contributed by atoms with E-state index in [2.05, 4.69) is 19.2 Å². The molecule has 2 saturated heterocycles. The van der Waals surface area contributed by atoms with Crippen LogP contribution >= 0.6 is 0 Å². The van der Waals surface area contributed by atoms with Gasteiger partial charge in [-0.2, -0.15) is 0 Å². The van der Waals surface area contributed by atoms with Gasteiger partial charge in [-0.3, -0.25) is 14.5 Å². The summed E-state index contributed by atoms with van der Waals surface area (Å²) in [5, 5.41) is 3.10. The molecule has 2 aliphatic heterocycles. The highest BCUT2D eigenvalue weighted by Gasteiger charge is 2.55. The number of hydrogen-bond donors (Lipinski definition) is 1. The number of nitrogens with zero attached hydrogens (tertiary/aromatic N) is 3. The van der Waals surface area contributed by atoms with Gasteiger partial charge in [-0.15, -0.1) is 0 Å². The summed E-state index contributed by atoms with van der Waals surface area (Å²) in [5.74, 6) is 1.07. The zero-order chi connectivity index (χ0) is 25.8. The summed E-state index contributed by atoms with van der Waals surface area (Å²) >= 11 is 0. The van der Waals surface area contributed by atoms with Gasteiger partial charge in [-0.1, -0.05) is 19.9 Å². The number of likely N-dealkylation sites (N-methyl/N-ethyl adjacent to an activating group) is 1. The van der Waals surface area contributed by atoms with E-state index in [-0.39, 0.29) is 23.8 Å². The second-order valence-electron chi connectivity index (χ2n) is 10.2. The van der Waals surface area contributed by atoms with Crippen LogP contribution in [0.25, 0.3) is 0 Å². The van der Waals surface area contributed by atoms with Crippen molar-refractivity contribution < 1.29 is 23.9 Å². The highest BCUT2D eigenvalue weighted by atomic mass is 16.5. The molecule has 2 fully saturated rings. The standard InChI is InChI=1S/C26H40N4O5/c1-18(2)10-13-26(24(32)30(25(33)27-26)17-16-28(3)4)19-11-14-29(15-12-19)23(31)20-8-7-9-21(34-5)22(20)35-6/h7-9,18-19H,10-17H2,1-6H3,(H,27,33)/t26-/m1/s1. The third-order valence-corrected chi connectivity index (χ3v) is 7.20. The predicted molar refractivity (Wildman–Crippen MR) is 134 cm³/mol. The molecule has 9 heteroatoms. The fourth-order valence-electron chi connectivity index (χ4n) is 5.12. The number of likely N-dealkylation sites (tertiary alicyclic amines) is 1. The number of hydrogen-bond acceptors (Lipinski definition) is 6. The maximum atomic E-state index is 13.7. The van der Waals surface area contributed by atoms with Gasteiger partial charge in [-0.25, -0.2) is 4.79 Å². The summed E-state index contributed by atoms with van der Waals surface area (Å²) in [7, 11) is 6.92. The molecule has 4 amide bonds. The second-order valence-corrected chi connectivity index (χ2v) is 10.2. The Morgan fingerprint density at radius 2 is 1.86 bits per heavy atom. The van der Waals surface area contributed by atoms with Gasteiger partial charge in [0, 0.05) is 26.2 Å². The van der Waals surface area contributed by atoms with Crippen molar-refractivity contribution >= 4 is 17.8 Å². The molecular formula is C26H40N4O5. The van der Waals surface area contributed by atoms with Crippen LogP contribution in [0, 0.1) is 11.8 Å². The van der Waals surface area contributed by atoms with E-state index >= 15 is 0 Å². The molecule has 0 bridgehead atoms. The first-order valence-electron chi connectivity index (χ1n) is 12.4. The monoisotopic (exact) mass is 488 g/mol. The van der Waals surface area contributed by atoms with Crippen LogP contribution < -0.4 is 14.8 Å². The first-order chi connectivity index (χ1) is 16.6. The largest absolute Gasteiger partial charge is 0.493 e. The van der Waals surface area contributed by atoms with Crippen LogP contribution in [0.2, 0.25) is 0 Å². The molecule has 194 valence electrons. The van der Waals surface area contributed by atoms with Crippen LogP contribution in [0.4, 0.5) is 4.79 Å². The number of benzene rings is 1. The molecule has 1 atom stereocenters. The molecule has 0 aliphatic carbocycles. The van der Waals surface area contributed by atoms with Crippen LogP contribution in [0.5, 0.6) is 11.5 Å². The van der Waals surface area contributed by atoms with E-state index in [1.165, 1.54) is 12.0 Å². The zero-order valence-electron chi connectivity index (χ0n) is 21.9. The Kier molecular flexibility index (Phi) is 8.64. The average molecular weight is 489 g/mol. The Hall–Kier alpha value is -2.81. The molecule has 1 aromatic carbocycles. The Labute approximate surface area is 208 Å². The Bertz CT molecular complexity index is 926. The maximum Gasteiger partial charge on any atom is 0.325 e. The van der Waals surface area contributed by atoms with Crippen LogP contribution in [-0.4, -0.2) is 92.6 Å². The van der Waals surface area contributed by atoms with E-state index in [0.29, 0.717) is 68.4 Å². The summed E-state index contributed by atoms with van der Waals surface area (Å²) in [5.41, 5.74) is -0.448. The molecule has 1 N–H and O–H groups in total. The third-order valence-electron chi connectivity index (χ3n) is 7.20. The molecule has 9 nitrogen and oxygen atoms in total. The minimum Gasteiger partial charge on any atom is -0.493 e. The van der Waals surface area contributed by atoms with Crippen molar-refractivity contribution in [2.75, 3.05) is 54.5 Å². The van der Waals surface area contributed by atoms with Crippen molar-refractivity contribution in [3.63, 3.8) is 0 Å². The number of rotatable bonds is 10. The summed E-state index contributed by atoms with van der Waals surface area (Å²) in [6, 6.07) is 4.97. The van der Waals surface area contributed by atoms with E-state index in [9.17, 15) is 14.4 Å². The van der Waals surface area contributed by atoms with Gasteiger partial charge < -0.3 is 24.6 Å². The van der Waals surface area contributed by atoms with Gasteiger partial charge >= 0.3 is 6.03 Å². The first kappa shape index (κ1) is 26.8. The summed E-state index contributed by atoms with van der Waals surface area (Å²) in [6.45, 7) is 6.26. The number of imide groups is 1. The van der Waals surface area contributed by atoms with Crippen molar-refractivity contribution in [3.05, 3.63) is 23.8 Å². The van der Waals surface area contributed by atoms with Crippen molar-refractivity contribution in [3.8, 4) is 11.5 Å². The van der Waals surface area contributed by atoms with E-state index in [1.54, 1.807) is 30.2 Å². The molecule has 2 heterocycles. The number of carbonyl (C=O) groups is 3. The molecule has 1 aromatic rings. The quantitative estimate of drug-likeness (QED) is 0.510. The molecule has 35 heavy (non-hydrogen) atoms. The van der Waals surface area contributed by atoms with Crippen molar-refractivity contribution in [1.29, 1.82) is 0 Å². The van der Waals surface area contributed by atoms with E-state index in [0.717, 1.165) is 6.42 Å². The smallest absolute Gasteiger partial charge is 0.325 e. The number of urea groups is 1. The van der Waals surface area contributed by atoms with Crippen molar-refractivity contribution in [1.82, 2.24) is 20.0 Å². The minimum absolute atomic E-state index is 0.0293. The molecule has 0 unspecified atom stereocenters. The third kappa shape index (κ3) is 5.55. The zero-order valence-corrected chi connectivity index (χ0v) is 21.9. The second kappa shape index (κ2) is 11.3. The maximum absolute atomic E-state index is 13.7. The average Bonchev–Trinajstić information content (AvgIpc) is 3.09. The molecule has 0 saturated carbocycles. The Morgan fingerprint density at radius 1 is 1.17 bits per heavy atom. The van der Waals surface area contributed by atoms with Crippen LogP contribution in [0.3, 0.4) is 0 Å². The molecule has 0 spiro atoms. The van der Waals surface area contributed by atoms with Gasteiger partial charge in [0.25, 0.3) is 11.8 Å². The normalized spacial score (nSPS) is 21.1. The van der Waals surface area contributed by atoms with Gasteiger partial charge in [-0.05, 0) is 63.7 Å². The molecule has 0 radical (unpaired) electrons. The number of carbonyl (C=O) groups excluding carboxylic acids is 3. The lowest BCUT2D eigenvalue weighted by atomic mass is 9.73. The van der Waals surface area contributed by atoms with Crippen molar-refractivity contribution in [2.24, 2.45) is 11.8 Å². The fourth-order valence-corrected chi connectivity index (χ4v) is 5.12. The van der Waals surface area contributed by atoms with Gasteiger partial charge in [0.15, 0.2) is 11.5 Å². The Balaban J connectivity index is 1.77. The molecular weight excluding hydrogens is 448 g/mol. The summed E-state index contributed by atoms with van der Waals surface area (Å²) in [6.07, 6.45) is 2.73. The van der Waals surface area contributed by atoms with Crippen molar-refractivity contribution in [2.45, 2.75) is 45.1 Å². The number of para-hydroxylation sites is 1. The lowest BCUT2D eigenvalue weighted by Crippen LogP contribution is -2.56.